The molecule has 2 aromatic rings. The lowest BCUT2D eigenvalue weighted by molar-refractivity contribution is -0.160. The molecule has 2 aliphatic heterocycles. The predicted octanol–water partition coefficient (Wildman–Crippen LogP) is 5.61. The number of hydrazine groups is 1. The molecular formula is C23H23Cl2F3N4O2. The van der Waals surface area contributed by atoms with Crippen LogP contribution in [-0.2, 0) is 4.79 Å². The Balaban J connectivity index is 1.79. The molecule has 34 heavy (non-hydrogen) atoms. The number of alkyl halides is 3. The topological polar surface area (TPSA) is 57.2 Å². The maximum atomic E-state index is 14.5. The Kier molecular flexibility index (Phi) is 7.25. The van der Waals surface area contributed by atoms with Crippen LogP contribution in [0.25, 0.3) is 0 Å². The number of carbonyl (C=O) groups is 1. The number of anilines is 1. The molecule has 2 heterocycles. The number of hydrazone groups is 1. The summed E-state index contributed by atoms with van der Waals surface area (Å²) in [4.78, 5) is 13.1. The summed E-state index contributed by atoms with van der Waals surface area (Å²) in [5, 5.41) is 7.44. The summed E-state index contributed by atoms with van der Waals surface area (Å²) in [5.74, 6) is -2.57. The van der Waals surface area contributed by atoms with E-state index < -0.39 is 29.8 Å². The van der Waals surface area contributed by atoms with Crippen molar-refractivity contribution in [2.45, 2.75) is 31.5 Å². The smallest absolute Gasteiger partial charge is 0.399 e. The second kappa shape index (κ2) is 10.0. The minimum Gasteiger partial charge on any atom is -0.497 e. The molecule has 2 atom stereocenters. The Hall–Kier alpha value is -2.49. The van der Waals surface area contributed by atoms with Gasteiger partial charge in [-0.25, -0.2) is 5.01 Å². The molecule has 11 heteroatoms. The van der Waals surface area contributed by atoms with E-state index in [0.29, 0.717) is 29.4 Å². The van der Waals surface area contributed by atoms with Crippen LogP contribution in [0.3, 0.4) is 0 Å². The van der Waals surface area contributed by atoms with Gasteiger partial charge in [0.15, 0.2) is 0 Å². The number of methoxy groups -OCH3 is 1. The lowest BCUT2D eigenvalue weighted by Gasteiger charge is -2.30. The zero-order chi connectivity index (χ0) is 24.5. The molecule has 2 aliphatic rings. The molecule has 0 aromatic heterocycles. The number of nitrogens with zero attached hydrogens (tertiary/aromatic N) is 3. The van der Waals surface area contributed by atoms with Crippen molar-refractivity contribution in [2.24, 2.45) is 11.0 Å². The highest BCUT2D eigenvalue weighted by atomic mass is 35.5. The van der Waals surface area contributed by atoms with E-state index in [1.165, 1.54) is 37.4 Å². The van der Waals surface area contributed by atoms with Gasteiger partial charge in [0.05, 0.1) is 23.9 Å². The van der Waals surface area contributed by atoms with Gasteiger partial charge < -0.3 is 4.74 Å². The van der Waals surface area contributed by atoms with Crippen molar-refractivity contribution in [2.75, 3.05) is 25.2 Å². The molecule has 0 spiro atoms. The highest BCUT2D eigenvalue weighted by molar-refractivity contribution is 6.41. The summed E-state index contributed by atoms with van der Waals surface area (Å²) < 4.78 is 48.7. The Morgan fingerprint density at radius 2 is 1.76 bits per heavy atom. The van der Waals surface area contributed by atoms with Crippen LogP contribution in [-0.4, -0.2) is 43.0 Å². The van der Waals surface area contributed by atoms with E-state index in [1.807, 2.05) is 0 Å². The van der Waals surface area contributed by atoms with Gasteiger partial charge >= 0.3 is 6.18 Å². The SMILES string of the molecule is COc1ccc([C@@H]2[C@H](C(F)(F)F)C(C(=O)NN3CCCCC3)=NN2c2ccc(Cl)cc2Cl)cc1. The number of halogens is 5. The zero-order valence-electron chi connectivity index (χ0n) is 18.3. The van der Waals surface area contributed by atoms with Crippen molar-refractivity contribution in [1.29, 1.82) is 0 Å². The summed E-state index contributed by atoms with van der Waals surface area (Å²) in [5.41, 5.74) is 2.51. The number of hydrogen-bond acceptors (Lipinski definition) is 5. The zero-order valence-corrected chi connectivity index (χ0v) is 19.8. The number of benzene rings is 2. The molecule has 1 fully saturated rings. The maximum Gasteiger partial charge on any atom is 0.399 e. The van der Waals surface area contributed by atoms with Crippen LogP contribution in [0.5, 0.6) is 5.75 Å². The van der Waals surface area contributed by atoms with Crippen molar-refractivity contribution >= 4 is 40.5 Å². The van der Waals surface area contributed by atoms with Crippen LogP contribution < -0.4 is 15.2 Å². The summed E-state index contributed by atoms with van der Waals surface area (Å²) >= 11 is 12.3. The number of hydrogen-bond donors (Lipinski definition) is 1. The van der Waals surface area contributed by atoms with Gasteiger partial charge in [0.1, 0.15) is 17.4 Å². The largest absolute Gasteiger partial charge is 0.497 e. The third kappa shape index (κ3) is 5.11. The molecule has 0 saturated carbocycles. The van der Waals surface area contributed by atoms with Gasteiger partial charge in [-0.2, -0.15) is 18.3 Å². The number of ether oxygens (including phenoxy) is 1. The standard InChI is InChI=1S/C23H23Cl2F3N4O2/c1-34-16-8-5-14(6-9-16)21-19(23(26,27)28)20(22(33)30-31-11-3-2-4-12-31)29-32(21)18-10-7-15(24)13-17(18)25/h5-10,13,19,21H,2-4,11-12H2,1H3,(H,30,33)/t19-,21-/m1/s1. The van der Waals surface area contributed by atoms with E-state index in [1.54, 1.807) is 17.1 Å². The second-order valence-corrected chi connectivity index (χ2v) is 9.00. The lowest BCUT2D eigenvalue weighted by atomic mass is 9.88. The minimum absolute atomic E-state index is 0.119. The van der Waals surface area contributed by atoms with Gasteiger partial charge in [-0.1, -0.05) is 41.8 Å². The van der Waals surface area contributed by atoms with Gasteiger partial charge in [-0.05, 0) is 48.7 Å². The van der Waals surface area contributed by atoms with Crippen LogP contribution in [0.2, 0.25) is 10.0 Å². The number of piperidine rings is 1. The fourth-order valence-electron chi connectivity index (χ4n) is 4.26. The van der Waals surface area contributed by atoms with E-state index in [0.717, 1.165) is 24.3 Å². The average molecular weight is 515 g/mol. The molecule has 0 bridgehead atoms. The third-order valence-corrected chi connectivity index (χ3v) is 6.44. The van der Waals surface area contributed by atoms with E-state index in [4.69, 9.17) is 27.9 Å². The van der Waals surface area contributed by atoms with Gasteiger partial charge in [-0.15, -0.1) is 0 Å². The molecule has 4 rings (SSSR count). The second-order valence-electron chi connectivity index (χ2n) is 8.15. The van der Waals surface area contributed by atoms with Crippen molar-refractivity contribution < 1.29 is 22.7 Å². The van der Waals surface area contributed by atoms with E-state index in [-0.39, 0.29) is 10.7 Å². The molecule has 2 aromatic carbocycles. The van der Waals surface area contributed by atoms with Crippen LogP contribution in [0.15, 0.2) is 47.6 Å². The van der Waals surface area contributed by atoms with E-state index in [9.17, 15) is 18.0 Å². The predicted molar refractivity (Wildman–Crippen MR) is 125 cm³/mol. The summed E-state index contributed by atoms with van der Waals surface area (Å²) in [6.07, 6.45) is -2.02. The van der Waals surface area contributed by atoms with Gasteiger partial charge in [0.2, 0.25) is 0 Å². The molecule has 182 valence electrons. The number of nitrogens with one attached hydrogen (secondary N) is 1. The lowest BCUT2D eigenvalue weighted by Crippen LogP contribution is -2.50. The number of rotatable bonds is 5. The highest BCUT2D eigenvalue weighted by Gasteiger charge is 2.56. The number of carbonyl (C=O) groups excluding carboxylic acids is 1. The first-order chi connectivity index (χ1) is 16.2. The fourth-order valence-corrected chi connectivity index (χ4v) is 4.76. The Labute approximate surface area is 205 Å². The first kappa shape index (κ1) is 24.6. The van der Waals surface area contributed by atoms with Crippen LogP contribution in [0.4, 0.5) is 18.9 Å². The maximum absolute atomic E-state index is 14.5. The van der Waals surface area contributed by atoms with Crippen LogP contribution in [0, 0.1) is 5.92 Å². The molecule has 1 N–H and O–H groups in total. The molecule has 0 radical (unpaired) electrons. The summed E-state index contributed by atoms with van der Waals surface area (Å²) in [6, 6.07) is 9.26. The van der Waals surface area contributed by atoms with E-state index in [2.05, 4.69) is 10.5 Å². The minimum atomic E-state index is -4.75. The molecule has 0 unspecified atom stereocenters. The van der Waals surface area contributed by atoms with Crippen molar-refractivity contribution in [3.8, 4) is 5.75 Å². The first-order valence-corrected chi connectivity index (χ1v) is 11.5. The van der Waals surface area contributed by atoms with Crippen molar-refractivity contribution in [1.82, 2.24) is 10.4 Å². The highest BCUT2D eigenvalue weighted by Crippen LogP contribution is 2.48. The summed E-state index contributed by atoms with van der Waals surface area (Å²) in [6.45, 7) is 1.15. The Morgan fingerprint density at radius 1 is 1.09 bits per heavy atom. The Morgan fingerprint density at radius 3 is 2.35 bits per heavy atom. The summed E-state index contributed by atoms with van der Waals surface area (Å²) in [7, 11) is 1.47. The number of amides is 1. The normalized spacial score (nSPS) is 21.4. The molecule has 6 nitrogen and oxygen atoms in total. The van der Waals surface area contributed by atoms with Crippen molar-refractivity contribution in [3.05, 3.63) is 58.1 Å². The van der Waals surface area contributed by atoms with Gasteiger partial charge in [0.25, 0.3) is 5.91 Å². The van der Waals surface area contributed by atoms with Crippen LogP contribution >= 0.6 is 23.2 Å². The molecule has 0 aliphatic carbocycles. The monoisotopic (exact) mass is 514 g/mol. The van der Waals surface area contributed by atoms with Crippen LogP contribution in [0.1, 0.15) is 30.9 Å². The Bertz CT molecular complexity index is 1070. The molecule has 1 saturated heterocycles. The van der Waals surface area contributed by atoms with Gasteiger partial charge in [0, 0.05) is 18.1 Å². The van der Waals surface area contributed by atoms with Crippen molar-refractivity contribution in [3.63, 3.8) is 0 Å². The molecule has 1 amide bonds. The van der Waals surface area contributed by atoms with E-state index >= 15 is 0 Å². The molecular weight excluding hydrogens is 492 g/mol. The third-order valence-electron chi connectivity index (χ3n) is 5.90. The average Bonchev–Trinajstić information content (AvgIpc) is 3.21. The quantitative estimate of drug-likeness (QED) is 0.562. The fraction of sp³-hybridized carbons (Fsp3) is 0.391. The first-order valence-electron chi connectivity index (χ1n) is 10.8. The van der Waals surface area contributed by atoms with Gasteiger partial charge in [-0.3, -0.25) is 15.2 Å².